The number of hydrogen-bond donors (Lipinski definition) is 0. The third-order valence-electron chi connectivity index (χ3n) is 4.97. The van der Waals surface area contributed by atoms with E-state index in [-0.39, 0.29) is 11.7 Å². The van der Waals surface area contributed by atoms with Crippen molar-refractivity contribution in [3.05, 3.63) is 64.7 Å². The van der Waals surface area contributed by atoms with Gasteiger partial charge < -0.3 is 9.80 Å². The van der Waals surface area contributed by atoms with Gasteiger partial charge in [0.1, 0.15) is 6.07 Å². The summed E-state index contributed by atoms with van der Waals surface area (Å²) in [6, 6.07) is 15.4. The number of aryl methyl sites for hydroxylation is 1. The van der Waals surface area contributed by atoms with Crippen molar-refractivity contribution in [2.45, 2.75) is 20.3 Å². The molecule has 0 saturated carbocycles. The number of piperazine rings is 1. The normalized spacial score (nSPS) is 14.0. The van der Waals surface area contributed by atoms with Gasteiger partial charge in [-0.1, -0.05) is 29.8 Å². The Morgan fingerprint density at radius 2 is 1.70 bits per heavy atom. The number of anilines is 1. The molecule has 3 rings (SSSR count). The summed E-state index contributed by atoms with van der Waals surface area (Å²) in [5.74, 6) is 0.101. The molecule has 0 aliphatic carbocycles. The Morgan fingerprint density at radius 3 is 2.30 bits per heavy atom. The van der Waals surface area contributed by atoms with Crippen molar-refractivity contribution in [2.24, 2.45) is 0 Å². The Morgan fingerprint density at radius 1 is 1.04 bits per heavy atom. The van der Waals surface area contributed by atoms with E-state index in [0.29, 0.717) is 43.7 Å². The highest BCUT2D eigenvalue weighted by Gasteiger charge is 2.23. The first-order valence-corrected chi connectivity index (χ1v) is 9.11. The largest absolute Gasteiger partial charge is 0.367 e. The molecule has 0 radical (unpaired) electrons. The molecule has 138 valence electrons. The SMILES string of the molecule is CC(=O)c1ccc(C#N)c(N2CCN(C(=O)Cc3ccc(C)cc3)CC2)c1. The van der Waals surface area contributed by atoms with E-state index in [9.17, 15) is 14.9 Å². The van der Waals surface area contributed by atoms with E-state index in [2.05, 4.69) is 11.0 Å². The van der Waals surface area contributed by atoms with Crippen molar-refractivity contribution in [2.75, 3.05) is 31.1 Å². The van der Waals surface area contributed by atoms with Crippen LogP contribution >= 0.6 is 0 Å². The fourth-order valence-corrected chi connectivity index (χ4v) is 3.30. The molecule has 0 N–H and O–H groups in total. The zero-order valence-electron chi connectivity index (χ0n) is 15.7. The lowest BCUT2D eigenvalue weighted by molar-refractivity contribution is -0.130. The number of rotatable bonds is 4. The van der Waals surface area contributed by atoms with Crippen molar-refractivity contribution in [3.63, 3.8) is 0 Å². The Kier molecular flexibility index (Phi) is 5.56. The lowest BCUT2D eigenvalue weighted by Gasteiger charge is -2.36. The van der Waals surface area contributed by atoms with Crippen LogP contribution in [0.15, 0.2) is 42.5 Å². The van der Waals surface area contributed by atoms with Crippen LogP contribution in [0.4, 0.5) is 5.69 Å². The van der Waals surface area contributed by atoms with Gasteiger partial charge in [-0.3, -0.25) is 9.59 Å². The predicted molar refractivity (Wildman–Crippen MR) is 105 cm³/mol. The van der Waals surface area contributed by atoms with Gasteiger partial charge in [-0.05, 0) is 37.6 Å². The number of ketones is 1. The first-order chi connectivity index (χ1) is 13.0. The lowest BCUT2D eigenvalue weighted by Crippen LogP contribution is -2.49. The molecular weight excluding hydrogens is 338 g/mol. The number of nitrogens with zero attached hydrogens (tertiary/aromatic N) is 3. The fourth-order valence-electron chi connectivity index (χ4n) is 3.30. The molecule has 1 aliphatic heterocycles. The molecule has 1 saturated heterocycles. The zero-order valence-corrected chi connectivity index (χ0v) is 15.7. The van der Waals surface area contributed by atoms with Crippen LogP contribution in [0.25, 0.3) is 0 Å². The summed E-state index contributed by atoms with van der Waals surface area (Å²) in [5.41, 5.74) is 4.13. The Labute approximate surface area is 159 Å². The van der Waals surface area contributed by atoms with Crippen LogP contribution in [0.3, 0.4) is 0 Å². The maximum atomic E-state index is 12.6. The van der Waals surface area contributed by atoms with Crippen LogP contribution in [0.5, 0.6) is 0 Å². The van der Waals surface area contributed by atoms with E-state index >= 15 is 0 Å². The molecule has 0 aromatic heterocycles. The minimum absolute atomic E-state index is 0.0207. The van der Waals surface area contributed by atoms with Gasteiger partial charge in [0, 0.05) is 31.7 Å². The van der Waals surface area contributed by atoms with Gasteiger partial charge in [0.15, 0.2) is 5.78 Å². The molecule has 0 bridgehead atoms. The van der Waals surface area contributed by atoms with Gasteiger partial charge in [-0.25, -0.2) is 0 Å². The topological polar surface area (TPSA) is 64.4 Å². The second kappa shape index (κ2) is 8.05. The second-order valence-corrected chi connectivity index (χ2v) is 6.93. The van der Waals surface area contributed by atoms with Gasteiger partial charge in [0.05, 0.1) is 17.7 Å². The van der Waals surface area contributed by atoms with Gasteiger partial charge in [-0.15, -0.1) is 0 Å². The summed E-state index contributed by atoms with van der Waals surface area (Å²) in [7, 11) is 0. The van der Waals surface area contributed by atoms with Crippen molar-refractivity contribution >= 4 is 17.4 Å². The summed E-state index contributed by atoms with van der Waals surface area (Å²) in [4.78, 5) is 28.2. The van der Waals surface area contributed by atoms with Gasteiger partial charge in [0.2, 0.25) is 5.91 Å². The van der Waals surface area contributed by atoms with Crippen LogP contribution in [0.1, 0.15) is 34.0 Å². The van der Waals surface area contributed by atoms with Crippen molar-refractivity contribution in [1.29, 1.82) is 5.26 Å². The highest BCUT2D eigenvalue weighted by Crippen LogP contribution is 2.24. The molecule has 1 aliphatic rings. The first-order valence-electron chi connectivity index (χ1n) is 9.11. The second-order valence-electron chi connectivity index (χ2n) is 6.93. The molecule has 1 heterocycles. The number of nitriles is 1. The summed E-state index contributed by atoms with van der Waals surface area (Å²) >= 11 is 0. The van der Waals surface area contributed by atoms with E-state index in [1.54, 1.807) is 18.2 Å². The number of hydrogen-bond acceptors (Lipinski definition) is 4. The molecule has 27 heavy (non-hydrogen) atoms. The van der Waals surface area contributed by atoms with Crippen molar-refractivity contribution < 1.29 is 9.59 Å². The summed E-state index contributed by atoms with van der Waals surface area (Å²) in [5, 5.41) is 9.38. The highest BCUT2D eigenvalue weighted by atomic mass is 16.2. The molecule has 0 spiro atoms. The van der Waals surface area contributed by atoms with E-state index in [1.165, 1.54) is 12.5 Å². The first kappa shape index (κ1) is 18.7. The summed E-state index contributed by atoms with van der Waals surface area (Å²) in [6.07, 6.45) is 0.406. The van der Waals surface area contributed by atoms with E-state index < -0.39 is 0 Å². The molecule has 5 nitrogen and oxygen atoms in total. The molecule has 5 heteroatoms. The quantitative estimate of drug-likeness (QED) is 0.786. The number of benzene rings is 2. The molecule has 0 unspecified atom stereocenters. The third-order valence-corrected chi connectivity index (χ3v) is 4.97. The number of Topliss-reactive ketones (excluding diaryl/α,β-unsaturated/α-hetero) is 1. The summed E-state index contributed by atoms with van der Waals surface area (Å²) < 4.78 is 0. The minimum atomic E-state index is -0.0207. The van der Waals surface area contributed by atoms with Crippen molar-refractivity contribution in [3.8, 4) is 6.07 Å². The van der Waals surface area contributed by atoms with Gasteiger partial charge in [-0.2, -0.15) is 5.26 Å². The smallest absolute Gasteiger partial charge is 0.227 e. The molecule has 0 atom stereocenters. The van der Waals surface area contributed by atoms with E-state index in [0.717, 1.165) is 11.3 Å². The van der Waals surface area contributed by atoms with Crippen molar-refractivity contribution in [1.82, 2.24) is 4.90 Å². The molecular formula is C22H23N3O2. The van der Waals surface area contributed by atoms with Crippen LogP contribution in [0.2, 0.25) is 0 Å². The maximum Gasteiger partial charge on any atom is 0.227 e. The highest BCUT2D eigenvalue weighted by molar-refractivity contribution is 5.95. The van der Waals surface area contributed by atoms with E-state index in [4.69, 9.17) is 0 Å². The molecule has 2 aromatic carbocycles. The van der Waals surface area contributed by atoms with Gasteiger partial charge in [0.25, 0.3) is 0 Å². The maximum absolute atomic E-state index is 12.6. The van der Waals surface area contributed by atoms with Crippen LogP contribution in [0, 0.1) is 18.3 Å². The zero-order chi connectivity index (χ0) is 19.4. The van der Waals surface area contributed by atoms with Crippen LogP contribution < -0.4 is 4.90 Å². The Bertz CT molecular complexity index is 889. The minimum Gasteiger partial charge on any atom is -0.367 e. The van der Waals surface area contributed by atoms with Crippen LogP contribution in [-0.2, 0) is 11.2 Å². The predicted octanol–water partition coefficient (Wildman–Crippen LogP) is 2.96. The fraction of sp³-hybridized carbons (Fsp3) is 0.318. The summed E-state index contributed by atoms with van der Waals surface area (Å²) in [6.45, 7) is 6.07. The standard InChI is InChI=1S/C22H23N3O2/c1-16-3-5-18(6-4-16)13-22(27)25-11-9-24(10-12-25)21-14-19(17(2)26)7-8-20(21)15-23/h3-8,14H,9-13H2,1-2H3. The average molecular weight is 361 g/mol. The molecule has 1 fully saturated rings. The molecule has 1 amide bonds. The lowest BCUT2D eigenvalue weighted by atomic mass is 10.1. The van der Waals surface area contributed by atoms with Gasteiger partial charge >= 0.3 is 0 Å². The number of amides is 1. The monoisotopic (exact) mass is 361 g/mol. The number of carbonyl (C=O) groups is 2. The van der Waals surface area contributed by atoms with Crippen LogP contribution in [-0.4, -0.2) is 42.8 Å². The van der Waals surface area contributed by atoms with E-state index in [1.807, 2.05) is 36.1 Å². The third kappa shape index (κ3) is 4.35. The number of carbonyl (C=O) groups excluding carboxylic acids is 2. The average Bonchev–Trinajstić information content (AvgIpc) is 2.69. The Balaban J connectivity index is 1.66. The Hall–Kier alpha value is -3.13. The molecule has 2 aromatic rings.